The molecule has 2 aromatic rings. The van der Waals surface area contributed by atoms with Gasteiger partial charge in [0.1, 0.15) is 0 Å². The van der Waals surface area contributed by atoms with Gasteiger partial charge in [-0.3, -0.25) is 4.79 Å². The summed E-state index contributed by atoms with van der Waals surface area (Å²) < 4.78 is 0. The molecule has 3 rings (SSSR count). The van der Waals surface area contributed by atoms with Gasteiger partial charge in [0, 0.05) is 30.9 Å². The Balaban J connectivity index is 1.62. The van der Waals surface area contributed by atoms with Gasteiger partial charge in [0.05, 0.1) is 0 Å². The second kappa shape index (κ2) is 6.00. The van der Waals surface area contributed by atoms with Gasteiger partial charge < -0.3 is 10.2 Å². The van der Waals surface area contributed by atoms with Crippen LogP contribution in [0.15, 0.2) is 48.5 Å². The molecule has 108 valence electrons. The van der Waals surface area contributed by atoms with Crippen molar-refractivity contribution in [2.24, 2.45) is 0 Å². The Morgan fingerprint density at radius 2 is 1.76 bits per heavy atom. The molecule has 0 aliphatic carbocycles. The molecule has 3 nitrogen and oxygen atoms in total. The molecule has 1 N–H and O–H groups in total. The molecule has 1 amide bonds. The van der Waals surface area contributed by atoms with E-state index in [1.165, 1.54) is 11.1 Å². The lowest BCUT2D eigenvalue weighted by molar-refractivity contribution is -0.117. The van der Waals surface area contributed by atoms with E-state index in [1.807, 2.05) is 29.2 Å². The van der Waals surface area contributed by atoms with Gasteiger partial charge in [0.15, 0.2) is 0 Å². The number of nitrogens with zero attached hydrogens (tertiary/aromatic N) is 1. The Morgan fingerprint density at radius 3 is 2.38 bits per heavy atom. The fraction of sp³-hybridized carbons (Fsp3) is 0.278. The fourth-order valence-corrected chi connectivity index (χ4v) is 2.59. The van der Waals surface area contributed by atoms with E-state index < -0.39 is 0 Å². The number of benzene rings is 2. The van der Waals surface area contributed by atoms with Crippen molar-refractivity contribution in [2.45, 2.75) is 26.3 Å². The number of anilines is 2. The van der Waals surface area contributed by atoms with Crippen molar-refractivity contribution >= 4 is 17.3 Å². The Kier molecular flexibility index (Phi) is 3.91. The van der Waals surface area contributed by atoms with Crippen molar-refractivity contribution < 1.29 is 4.79 Å². The standard InChI is InChI=1S/C18H20N2O/c1-14-4-6-15(7-5-14)13-19-16-8-10-17(11-9-16)20-12-2-3-18(20)21/h4-11,19H,2-3,12-13H2,1H3. The summed E-state index contributed by atoms with van der Waals surface area (Å²) in [5.41, 5.74) is 4.61. The van der Waals surface area contributed by atoms with E-state index in [0.717, 1.165) is 30.9 Å². The molecule has 0 bridgehead atoms. The monoisotopic (exact) mass is 280 g/mol. The molecule has 1 saturated heterocycles. The van der Waals surface area contributed by atoms with Crippen LogP contribution in [0.1, 0.15) is 24.0 Å². The molecule has 0 saturated carbocycles. The summed E-state index contributed by atoms with van der Waals surface area (Å²) >= 11 is 0. The average molecular weight is 280 g/mol. The zero-order chi connectivity index (χ0) is 14.7. The predicted molar refractivity (Wildman–Crippen MR) is 86.5 cm³/mol. The zero-order valence-corrected chi connectivity index (χ0v) is 12.3. The first-order valence-corrected chi connectivity index (χ1v) is 7.42. The van der Waals surface area contributed by atoms with E-state index in [2.05, 4.69) is 36.5 Å². The predicted octanol–water partition coefficient (Wildman–Crippen LogP) is 3.73. The molecule has 21 heavy (non-hydrogen) atoms. The summed E-state index contributed by atoms with van der Waals surface area (Å²) in [6.07, 6.45) is 1.64. The highest BCUT2D eigenvalue weighted by molar-refractivity contribution is 5.95. The smallest absolute Gasteiger partial charge is 0.227 e. The number of aryl methyl sites for hydroxylation is 1. The highest BCUT2D eigenvalue weighted by Gasteiger charge is 2.21. The number of hydrogen-bond donors (Lipinski definition) is 1. The quantitative estimate of drug-likeness (QED) is 0.925. The third-order valence-corrected chi connectivity index (χ3v) is 3.87. The molecular weight excluding hydrogens is 260 g/mol. The maximum absolute atomic E-state index is 11.7. The Hall–Kier alpha value is -2.29. The number of carbonyl (C=O) groups excluding carboxylic acids is 1. The van der Waals surface area contributed by atoms with Gasteiger partial charge in [-0.2, -0.15) is 0 Å². The Labute approximate surface area is 125 Å². The average Bonchev–Trinajstić information content (AvgIpc) is 2.93. The van der Waals surface area contributed by atoms with E-state index in [0.29, 0.717) is 6.42 Å². The van der Waals surface area contributed by atoms with Crippen LogP contribution in [0.4, 0.5) is 11.4 Å². The van der Waals surface area contributed by atoms with Crippen LogP contribution in [0.5, 0.6) is 0 Å². The second-order valence-electron chi connectivity index (χ2n) is 5.53. The van der Waals surface area contributed by atoms with Crippen LogP contribution in [0.2, 0.25) is 0 Å². The summed E-state index contributed by atoms with van der Waals surface area (Å²) in [6, 6.07) is 16.6. The third kappa shape index (κ3) is 3.24. The molecule has 0 unspecified atom stereocenters. The van der Waals surface area contributed by atoms with Crippen molar-refractivity contribution in [3.63, 3.8) is 0 Å². The third-order valence-electron chi connectivity index (χ3n) is 3.87. The maximum atomic E-state index is 11.7. The lowest BCUT2D eigenvalue weighted by Crippen LogP contribution is -2.23. The first-order valence-electron chi connectivity index (χ1n) is 7.42. The number of hydrogen-bond acceptors (Lipinski definition) is 2. The van der Waals surface area contributed by atoms with Crippen LogP contribution in [0, 0.1) is 6.92 Å². The lowest BCUT2D eigenvalue weighted by atomic mass is 10.1. The second-order valence-corrected chi connectivity index (χ2v) is 5.53. The summed E-state index contributed by atoms with van der Waals surface area (Å²) in [7, 11) is 0. The minimum absolute atomic E-state index is 0.232. The van der Waals surface area contributed by atoms with Gasteiger partial charge in [-0.15, -0.1) is 0 Å². The summed E-state index contributed by atoms with van der Waals surface area (Å²) in [4.78, 5) is 13.6. The van der Waals surface area contributed by atoms with E-state index in [1.54, 1.807) is 0 Å². The number of rotatable bonds is 4. The highest BCUT2D eigenvalue weighted by Crippen LogP contribution is 2.23. The van der Waals surface area contributed by atoms with E-state index in [4.69, 9.17) is 0 Å². The van der Waals surface area contributed by atoms with E-state index >= 15 is 0 Å². The van der Waals surface area contributed by atoms with Gasteiger partial charge in [-0.1, -0.05) is 29.8 Å². The topological polar surface area (TPSA) is 32.3 Å². The van der Waals surface area contributed by atoms with Crippen molar-refractivity contribution in [3.8, 4) is 0 Å². The molecule has 1 aliphatic rings. The highest BCUT2D eigenvalue weighted by atomic mass is 16.2. The Bertz CT molecular complexity index is 617. The molecule has 2 aromatic carbocycles. The minimum Gasteiger partial charge on any atom is -0.381 e. The van der Waals surface area contributed by atoms with Crippen molar-refractivity contribution in [1.29, 1.82) is 0 Å². The SMILES string of the molecule is Cc1ccc(CNc2ccc(N3CCCC3=O)cc2)cc1. The number of carbonyl (C=O) groups is 1. The molecule has 1 aliphatic heterocycles. The van der Waals surface area contributed by atoms with E-state index in [9.17, 15) is 4.79 Å². The van der Waals surface area contributed by atoms with Gasteiger partial charge in [0.25, 0.3) is 0 Å². The summed E-state index contributed by atoms with van der Waals surface area (Å²) in [5, 5.41) is 3.41. The Morgan fingerprint density at radius 1 is 1.05 bits per heavy atom. The summed E-state index contributed by atoms with van der Waals surface area (Å²) in [5.74, 6) is 0.232. The van der Waals surface area contributed by atoms with Crippen LogP contribution in [-0.2, 0) is 11.3 Å². The molecule has 0 radical (unpaired) electrons. The van der Waals surface area contributed by atoms with Crippen LogP contribution in [-0.4, -0.2) is 12.5 Å². The van der Waals surface area contributed by atoms with Crippen molar-refractivity contribution in [3.05, 3.63) is 59.7 Å². The number of nitrogens with one attached hydrogen (secondary N) is 1. The van der Waals surface area contributed by atoms with Crippen LogP contribution in [0.25, 0.3) is 0 Å². The van der Waals surface area contributed by atoms with Gasteiger partial charge >= 0.3 is 0 Å². The minimum atomic E-state index is 0.232. The maximum Gasteiger partial charge on any atom is 0.227 e. The van der Waals surface area contributed by atoms with Gasteiger partial charge in [-0.25, -0.2) is 0 Å². The van der Waals surface area contributed by atoms with Crippen molar-refractivity contribution in [1.82, 2.24) is 0 Å². The van der Waals surface area contributed by atoms with Crippen LogP contribution in [0.3, 0.4) is 0 Å². The normalized spacial score (nSPS) is 14.5. The van der Waals surface area contributed by atoms with Crippen LogP contribution >= 0.6 is 0 Å². The zero-order valence-electron chi connectivity index (χ0n) is 12.3. The molecule has 0 aromatic heterocycles. The molecule has 1 heterocycles. The molecular formula is C18H20N2O. The van der Waals surface area contributed by atoms with Gasteiger partial charge in [-0.05, 0) is 43.2 Å². The molecule has 3 heteroatoms. The molecule has 0 spiro atoms. The number of amides is 1. The van der Waals surface area contributed by atoms with Crippen LogP contribution < -0.4 is 10.2 Å². The van der Waals surface area contributed by atoms with Gasteiger partial charge in [0.2, 0.25) is 5.91 Å². The fourth-order valence-electron chi connectivity index (χ4n) is 2.59. The lowest BCUT2D eigenvalue weighted by Gasteiger charge is -2.16. The summed E-state index contributed by atoms with van der Waals surface area (Å²) in [6.45, 7) is 3.74. The largest absolute Gasteiger partial charge is 0.381 e. The first kappa shape index (κ1) is 13.7. The molecule has 1 fully saturated rings. The van der Waals surface area contributed by atoms with E-state index in [-0.39, 0.29) is 5.91 Å². The molecule has 0 atom stereocenters. The first-order chi connectivity index (χ1) is 10.2. The van der Waals surface area contributed by atoms with Crippen molar-refractivity contribution in [2.75, 3.05) is 16.8 Å².